The summed E-state index contributed by atoms with van der Waals surface area (Å²) < 4.78 is 1.88. The smallest absolute Gasteiger partial charge is 0.234 e. The van der Waals surface area contributed by atoms with Gasteiger partial charge in [0.05, 0.1) is 15.8 Å². The molecule has 1 aromatic heterocycles. The maximum Gasteiger partial charge on any atom is 0.234 e. The minimum absolute atomic E-state index is 0.159. The van der Waals surface area contributed by atoms with Crippen LogP contribution in [0.4, 0.5) is 5.69 Å². The lowest BCUT2D eigenvalue weighted by atomic mass is 10.1. The SMILES string of the molecule is Cc1ccc(-c2nnc(SCC(=O)Nc3ccc(Cl)c(Cl)c3)n2C)cc1. The van der Waals surface area contributed by atoms with Gasteiger partial charge in [-0.25, -0.2) is 0 Å². The molecular weight excluding hydrogens is 391 g/mol. The van der Waals surface area contributed by atoms with Gasteiger partial charge in [-0.05, 0) is 25.1 Å². The van der Waals surface area contributed by atoms with Crippen LogP contribution in [-0.4, -0.2) is 26.4 Å². The molecule has 0 aliphatic rings. The van der Waals surface area contributed by atoms with Gasteiger partial charge in [-0.1, -0.05) is 64.8 Å². The minimum atomic E-state index is -0.159. The van der Waals surface area contributed by atoms with Crippen LogP contribution in [0.3, 0.4) is 0 Å². The summed E-state index contributed by atoms with van der Waals surface area (Å²) in [5.41, 5.74) is 2.77. The number of carbonyl (C=O) groups excluding carboxylic acids is 1. The van der Waals surface area contributed by atoms with Crippen molar-refractivity contribution in [3.63, 3.8) is 0 Å². The topological polar surface area (TPSA) is 59.8 Å². The molecule has 1 amide bonds. The van der Waals surface area contributed by atoms with Crippen molar-refractivity contribution in [2.24, 2.45) is 7.05 Å². The van der Waals surface area contributed by atoms with Crippen LogP contribution in [0.1, 0.15) is 5.56 Å². The fourth-order valence-electron chi connectivity index (χ4n) is 2.30. The lowest BCUT2D eigenvalue weighted by Crippen LogP contribution is -2.14. The quantitative estimate of drug-likeness (QED) is 0.616. The highest BCUT2D eigenvalue weighted by molar-refractivity contribution is 7.99. The van der Waals surface area contributed by atoms with E-state index in [0.717, 1.165) is 11.4 Å². The van der Waals surface area contributed by atoms with Crippen molar-refractivity contribution < 1.29 is 4.79 Å². The summed E-state index contributed by atoms with van der Waals surface area (Å²) in [7, 11) is 1.88. The van der Waals surface area contributed by atoms with E-state index in [0.29, 0.717) is 20.9 Å². The van der Waals surface area contributed by atoms with E-state index in [-0.39, 0.29) is 11.7 Å². The summed E-state index contributed by atoms with van der Waals surface area (Å²) in [6.45, 7) is 2.04. The van der Waals surface area contributed by atoms with Gasteiger partial charge >= 0.3 is 0 Å². The zero-order valence-corrected chi connectivity index (χ0v) is 16.5. The van der Waals surface area contributed by atoms with Crippen LogP contribution in [0.2, 0.25) is 10.0 Å². The Morgan fingerprint density at radius 2 is 1.85 bits per heavy atom. The van der Waals surface area contributed by atoms with Crippen LogP contribution < -0.4 is 5.32 Å². The number of halogens is 2. The number of anilines is 1. The molecule has 0 saturated carbocycles. The minimum Gasteiger partial charge on any atom is -0.325 e. The molecule has 0 spiro atoms. The van der Waals surface area contributed by atoms with Crippen molar-refractivity contribution >= 4 is 46.6 Å². The zero-order chi connectivity index (χ0) is 18.7. The molecule has 26 heavy (non-hydrogen) atoms. The van der Waals surface area contributed by atoms with Crippen LogP contribution in [0.15, 0.2) is 47.6 Å². The van der Waals surface area contributed by atoms with Gasteiger partial charge in [-0.15, -0.1) is 10.2 Å². The first kappa shape index (κ1) is 18.8. The third kappa shape index (κ3) is 4.38. The number of hydrogen-bond acceptors (Lipinski definition) is 4. The van der Waals surface area contributed by atoms with Crippen molar-refractivity contribution in [1.82, 2.24) is 14.8 Å². The first-order chi connectivity index (χ1) is 12.4. The number of benzene rings is 2. The molecule has 3 rings (SSSR count). The van der Waals surface area contributed by atoms with E-state index >= 15 is 0 Å². The van der Waals surface area contributed by atoms with E-state index in [1.54, 1.807) is 18.2 Å². The number of carbonyl (C=O) groups is 1. The molecule has 0 fully saturated rings. The summed E-state index contributed by atoms with van der Waals surface area (Å²) in [5.74, 6) is 0.811. The van der Waals surface area contributed by atoms with E-state index in [4.69, 9.17) is 23.2 Å². The Morgan fingerprint density at radius 3 is 2.54 bits per heavy atom. The van der Waals surface area contributed by atoms with Crippen molar-refractivity contribution in [2.45, 2.75) is 12.1 Å². The summed E-state index contributed by atoms with van der Waals surface area (Å²) >= 11 is 13.1. The van der Waals surface area contributed by atoms with Gasteiger partial charge < -0.3 is 9.88 Å². The molecule has 1 N–H and O–H groups in total. The first-order valence-corrected chi connectivity index (χ1v) is 9.52. The lowest BCUT2D eigenvalue weighted by Gasteiger charge is -2.07. The number of nitrogens with zero attached hydrogens (tertiary/aromatic N) is 3. The van der Waals surface area contributed by atoms with E-state index in [1.807, 2.05) is 42.8 Å². The van der Waals surface area contributed by atoms with Gasteiger partial charge in [0, 0.05) is 18.3 Å². The molecule has 0 radical (unpaired) electrons. The second-order valence-electron chi connectivity index (χ2n) is 5.70. The van der Waals surface area contributed by atoms with Gasteiger partial charge in [-0.2, -0.15) is 0 Å². The highest BCUT2D eigenvalue weighted by Gasteiger charge is 2.13. The summed E-state index contributed by atoms with van der Waals surface area (Å²) in [6, 6.07) is 13.0. The number of nitrogens with one attached hydrogen (secondary N) is 1. The van der Waals surface area contributed by atoms with Crippen LogP contribution >= 0.6 is 35.0 Å². The van der Waals surface area contributed by atoms with Gasteiger partial charge in [0.15, 0.2) is 11.0 Å². The number of hydrogen-bond donors (Lipinski definition) is 1. The fraction of sp³-hybridized carbons (Fsp3) is 0.167. The maximum absolute atomic E-state index is 12.1. The number of thioether (sulfide) groups is 1. The summed E-state index contributed by atoms with van der Waals surface area (Å²) in [4.78, 5) is 12.1. The van der Waals surface area contributed by atoms with Crippen LogP contribution in [-0.2, 0) is 11.8 Å². The monoisotopic (exact) mass is 406 g/mol. The second kappa shape index (κ2) is 8.12. The molecule has 8 heteroatoms. The van der Waals surface area contributed by atoms with Gasteiger partial charge in [0.1, 0.15) is 0 Å². The van der Waals surface area contributed by atoms with Gasteiger partial charge in [0.2, 0.25) is 5.91 Å². The normalized spacial score (nSPS) is 10.8. The Kier molecular flexibility index (Phi) is 5.86. The molecule has 134 valence electrons. The third-order valence-corrected chi connectivity index (χ3v) is 5.44. The average Bonchev–Trinajstić information content (AvgIpc) is 2.98. The van der Waals surface area contributed by atoms with E-state index in [2.05, 4.69) is 15.5 Å². The van der Waals surface area contributed by atoms with Crippen molar-refractivity contribution in [3.05, 3.63) is 58.1 Å². The van der Waals surface area contributed by atoms with Gasteiger partial charge in [-0.3, -0.25) is 4.79 Å². The molecule has 5 nitrogen and oxygen atoms in total. The molecular formula is C18H16Cl2N4OS. The predicted octanol–water partition coefficient (Wildman–Crippen LogP) is 4.83. The number of amides is 1. The van der Waals surface area contributed by atoms with Crippen LogP contribution in [0.5, 0.6) is 0 Å². The average molecular weight is 407 g/mol. The number of aryl methyl sites for hydroxylation is 1. The molecule has 0 aliphatic carbocycles. The molecule has 3 aromatic rings. The van der Waals surface area contributed by atoms with E-state index in [1.165, 1.54) is 17.3 Å². The van der Waals surface area contributed by atoms with E-state index < -0.39 is 0 Å². The molecule has 1 heterocycles. The largest absolute Gasteiger partial charge is 0.325 e. The maximum atomic E-state index is 12.1. The molecule has 0 saturated heterocycles. The fourth-order valence-corrected chi connectivity index (χ4v) is 3.30. The van der Waals surface area contributed by atoms with Crippen LogP contribution in [0.25, 0.3) is 11.4 Å². The molecule has 2 aromatic carbocycles. The highest BCUT2D eigenvalue weighted by atomic mass is 35.5. The summed E-state index contributed by atoms with van der Waals surface area (Å²) in [5, 5.41) is 12.7. The molecule has 0 aliphatic heterocycles. The molecule has 0 bridgehead atoms. The zero-order valence-electron chi connectivity index (χ0n) is 14.2. The standard InChI is InChI=1S/C18H16Cl2N4OS/c1-11-3-5-12(6-4-11)17-22-23-18(24(17)2)26-10-16(25)21-13-7-8-14(19)15(20)9-13/h3-9H,10H2,1-2H3,(H,21,25). The first-order valence-electron chi connectivity index (χ1n) is 7.78. The molecule has 0 atom stereocenters. The Morgan fingerprint density at radius 1 is 1.12 bits per heavy atom. The Bertz CT molecular complexity index is 941. The van der Waals surface area contributed by atoms with Crippen LogP contribution in [0, 0.1) is 6.92 Å². The van der Waals surface area contributed by atoms with Gasteiger partial charge in [0.25, 0.3) is 0 Å². The number of rotatable bonds is 5. The third-order valence-electron chi connectivity index (χ3n) is 3.68. The predicted molar refractivity (Wildman–Crippen MR) is 107 cm³/mol. The Balaban J connectivity index is 1.63. The van der Waals surface area contributed by atoms with Crippen molar-refractivity contribution in [1.29, 1.82) is 0 Å². The second-order valence-corrected chi connectivity index (χ2v) is 7.45. The molecule has 0 unspecified atom stereocenters. The Labute approximate surface area is 165 Å². The number of aromatic nitrogens is 3. The van der Waals surface area contributed by atoms with Crippen molar-refractivity contribution in [3.8, 4) is 11.4 Å². The summed E-state index contributed by atoms with van der Waals surface area (Å²) in [6.07, 6.45) is 0. The highest BCUT2D eigenvalue weighted by Crippen LogP contribution is 2.26. The van der Waals surface area contributed by atoms with Crippen molar-refractivity contribution in [2.75, 3.05) is 11.1 Å². The lowest BCUT2D eigenvalue weighted by molar-refractivity contribution is -0.113. The van der Waals surface area contributed by atoms with E-state index in [9.17, 15) is 4.79 Å². The Hall–Kier alpha value is -2.02.